The van der Waals surface area contributed by atoms with E-state index in [1.807, 2.05) is 0 Å². The Labute approximate surface area is 36.5 Å². The quantitative estimate of drug-likeness (QED) is 0.374. The third-order valence-corrected chi connectivity index (χ3v) is 0. The number of hydrogen-bond acceptors (Lipinski definition) is 3. The van der Waals surface area contributed by atoms with E-state index in [-0.39, 0.29) is 6.15 Å². The summed E-state index contributed by atoms with van der Waals surface area (Å²) in [6, 6.07) is 0. The lowest BCUT2D eigenvalue weighted by molar-refractivity contribution is 0.583. The van der Waals surface area contributed by atoms with Crippen LogP contribution in [0.1, 0.15) is 0 Å². The molecule has 0 aliphatic rings. The SMILES string of the molecule is N.O=[SH](O)=S. The summed E-state index contributed by atoms with van der Waals surface area (Å²) in [4.78, 5) is 0. The minimum absolute atomic E-state index is 0. The first kappa shape index (κ1) is 8.99. The highest BCUT2D eigenvalue weighted by Crippen LogP contribution is 1.31. The normalized spacial score (nSPS) is 12.2. The minimum atomic E-state index is -2.29. The van der Waals surface area contributed by atoms with Gasteiger partial charge in [-0.15, -0.1) is 0 Å². The average molecular weight is 115 g/mol. The van der Waals surface area contributed by atoms with Crippen LogP contribution in [0.25, 0.3) is 0 Å². The molecule has 34 valence electrons. The highest BCUT2D eigenvalue weighted by Gasteiger charge is 1.39. The van der Waals surface area contributed by atoms with Crippen molar-refractivity contribution in [3.63, 3.8) is 0 Å². The molecule has 0 heterocycles. The van der Waals surface area contributed by atoms with Crippen LogP contribution in [-0.2, 0) is 20.8 Å². The molecule has 0 bridgehead atoms. The molecule has 1 atom stereocenters. The van der Waals surface area contributed by atoms with Crippen molar-refractivity contribution in [2.75, 3.05) is 0 Å². The zero-order valence-corrected chi connectivity index (χ0v) is 4.13. The van der Waals surface area contributed by atoms with E-state index in [2.05, 4.69) is 11.2 Å². The Morgan fingerprint density at radius 3 is 1.80 bits per heavy atom. The molecule has 3 nitrogen and oxygen atoms in total. The smallest absolute Gasteiger partial charge is 0.130 e. The summed E-state index contributed by atoms with van der Waals surface area (Å²) in [7, 11) is -2.29. The summed E-state index contributed by atoms with van der Waals surface area (Å²) in [5.74, 6) is 0. The second-order valence-corrected chi connectivity index (χ2v) is 1.65. The van der Waals surface area contributed by atoms with Crippen LogP contribution in [0.2, 0.25) is 0 Å². The predicted molar refractivity (Wildman–Crippen MR) is 24.6 cm³/mol. The second-order valence-electron chi connectivity index (χ2n) is 0.238. The van der Waals surface area contributed by atoms with E-state index < -0.39 is 9.64 Å². The predicted octanol–water partition coefficient (Wildman–Crippen LogP) is -0.436. The Hall–Kier alpha value is 0.290. The Morgan fingerprint density at radius 2 is 1.80 bits per heavy atom. The molecule has 0 aliphatic heterocycles. The summed E-state index contributed by atoms with van der Waals surface area (Å²) in [5.41, 5.74) is 0. The zero-order chi connectivity index (χ0) is 3.58. The van der Waals surface area contributed by atoms with Crippen molar-refractivity contribution in [3.8, 4) is 0 Å². The standard InChI is InChI=1S/H3N.H2O2S2/c;1-4(2)3/h1H3;4H,(H,1,2,3). The topological polar surface area (TPSA) is 72.3 Å². The molecule has 0 rings (SSSR count). The molecule has 1 unspecified atom stereocenters. The fraction of sp³-hybridized carbons (Fsp3) is 0. The molecule has 0 aliphatic carbocycles. The third-order valence-electron chi connectivity index (χ3n) is 0. The first-order chi connectivity index (χ1) is 1.73. The fourth-order valence-corrected chi connectivity index (χ4v) is 0. The van der Waals surface area contributed by atoms with Crippen LogP contribution < -0.4 is 6.15 Å². The Bertz CT molecular complexity index is 56.0. The van der Waals surface area contributed by atoms with E-state index in [9.17, 15) is 0 Å². The van der Waals surface area contributed by atoms with Crippen LogP contribution in [0.5, 0.6) is 0 Å². The molecule has 0 aromatic rings. The van der Waals surface area contributed by atoms with Gasteiger partial charge in [0.05, 0.1) is 0 Å². The second kappa shape index (κ2) is 4.29. The van der Waals surface area contributed by atoms with Gasteiger partial charge in [-0.25, -0.2) is 4.21 Å². The van der Waals surface area contributed by atoms with Crippen molar-refractivity contribution < 1.29 is 8.76 Å². The van der Waals surface area contributed by atoms with Crippen LogP contribution >= 0.6 is 0 Å². The summed E-state index contributed by atoms with van der Waals surface area (Å²) in [5, 5.41) is 0. The van der Waals surface area contributed by atoms with Gasteiger partial charge in [0.15, 0.2) is 0 Å². The molecule has 0 saturated carbocycles. The van der Waals surface area contributed by atoms with Gasteiger partial charge in [-0.2, -0.15) is 0 Å². The summed E-state index contributed by atoms with van der Waals surface area (Å²) in [6.45, 7) is 0. The van der Waals surface area contributed by atoms with Gasteiger partial charge in [0.25, 0.3) is 0 Å². The lowest BCUT2D eigenvalue weighted by atomic mass is 14.0. The Morgan fingerprint density at radius 1 is 1.80 bits per heavy atom. The molecule has 4 N–H and O–H groups in total. The van der Waals surface area contributed by atoms with Crippen molar-refractivity contribution in [2.45, 2.75) is 0 Å². The van der Waals surface area contributed by atoms with E-state index in [4.69, 9.17) is 8.76 Å². The van der Waals surface area contributed by atoms with Crippen LogP contribution in [-0.4, -0.2) is 8.76 Å². The van der Waals surface area contributed by atoms with Gasteiger partial charge < -0.3 is 10.7 Å². The van der Waals surface area contributed by atoms with E-state index in [0.29, 0.717) is 0 Å². The van der Waals surface area contributed by atoms with Gasteiger partial charge in [0.2, 0.25) is 0 Å². The Balaban J connectivity index is 0. The maximum absolute atomic E-state index is 8.96. The van der Waals surface area contributed by atoms with Crippen molar-refractivity contribution >= 4 is 20.8 Å². The van der Waals surface area contributed by atoms with Crippen LogP contribution in [0.4, 0.5) is 0 Å². The van der Waals surface area contributed by atoms with Gasteiger partial charge in [-0.05, 0) is 0 Å². The van der Waals surface area contributed by atoms with Crippen molar-refractivity contribution in [1.29, 1.82) is 0 Å². The minimum Gasteiger partial charge on any atom is -0.344 e. The van der Waals surface area contributed by atoms with E-state index in [1.54, 1.807) is 0 Å². The molecule has 0 fully saturated rings. The third kappa shape index (κ3) is 268. The van der Waals surface area contributed by atoms with Crippen molar-refractivity contribution in [3.05, 3.63) is 0 Å². The zero-order valence-electron chi connectivity index (χ0n) is 2.42. The number of thiol groups is 1. The van der Waals surface area contributed by atoms with Crippen molar-refractivity contribution in [2.24, 2.45) is 0 Å². The van der Waals surface area contributed by atoms with Gasteiger partial charge in [-0.1, -0.05) is 0 Å². The molecule has 0 radical (unpaired) electrons. The van der Waals surface area contributed by atoms with Crippen LogP contribution in [0.3, 0.4) is 0 Å². The molecular weight excluding hydrogens is 110 g/mol. The molecule has 0 saturated heterocycles. The maximum Gasteiger partial charge on any atom is 0.130 e. The van der Waals surface area contributed by atoms with Gasteiger partial charge in [-0.3, -0.25) is 0 Å². The van der Waals surface area contributed by atoms with Crippen LogP contribution in [0, 0.1) is 0 Å². The van der Waals surface area contributed by atoms with E-state index >= 15 is 0 Å². The molecule has 5 heteroatoms. The molecule has 5 heavy (non-hydrogen) atoms. The van der Waals surface area contributed by atoms with Gasteiger partial charge in [0.1, 0.15) is 9.64 Å². The van der Waals surface area contributed by atoms with Crippen LogP contribution in [0.15, 0.2) is 0 Å². The molecular formula is H5NO2S2. The summed E-state index contributed by atoms with van der Waals surface area (Å²) in [6.07, 6.45) is 0. The van der Waals surface area contributed by atoms with Gasteiger partial charge in [0, 0.05) is 11.2 Å². The van der Waals surface area contributed by atoms with E-state index in [0.717, 1.165) is 0 Å². The lowest BCUT2D eigenvalue weighted by Gasteiger charge is -1.47. The first-order valence-corrected chi connectivity index (χ1v) is 2.79. The molecule has 0 aromatic heterocycles. The summed E-state index contributed by atoms with van der Waals surface area (Å²) >= 11 is 3.69. The van der Waals surface area contributed by atoms with Crippen molar-refractivity contribution in [1.82, 2.24) is 6.15 Å². The molecule has 0 aromatic carbocycles. The van der Waals surface area contributed by atoms with Gasteiger partial charge >= 0.3 is 0 Å². The van der Waals surface area contributed by atoms with E-state index in [1.165, 1.54) is 0 Å². The fourth-order valence-electron chi connectivity index (χ4n) is 0. The Kier molecular flexibility index (Phi) is 7.72. The highest BCUT2D eigenvalue weighted by molar-refractivity contribution is 8.18. The number of rotatable bonds is 0. The lowest BCUT2D eigenvalue weighted by Crippen LogP contribution is -1.54. The first-order valence-electron chi connectivity index (χ1n) is 0.565. The molecule has 0 spiro atoms. The summed E-state index contributed by atoms with van der Waals surface area (Å²) < 4.78 is 16.3. The monoisotopic (exact) mass is 115 g/mol. The highest BCUT2D eigenvalue weighted by atomic mass is 32.8. The average Bonchev–Trinajstić information content (AvgIpc) is 0.811. The largest absolute Gasteiger partial charge is 0.344 e. The number of hydrogen-bond donors (Lipinski definition) is 3. The molecule has 0 amide bonds. The maximum atomic E-state index is 8.96.